The Hall–Kier alpha value is -0.900. The number of aliphatic hydroxyl groups excluding tert-OH is 1. The van der Waals surface area contributed by atoms with Crippen molar-refractivity contribution in [1.29, 1.82) is 0 Å². The summed E-state index contributed by atoms with van der Waals surface area (Å²) in [7, 11) is 0. The molecular formula is C15H21NOS. The van der Waals surface area contributed by atoms with Crippen molar-refractivity contribution >= 4 is 21.4 Å². The highest BCUT2D eigenvalue weighted by atomic mass is 32.1. The second kappa shape index (κ2) is 5.39. The molecule has 98 valence electrons. The van der Waals surface area contributed by atoms with E-state index in [1.165, 1.54) is 15.0 Å². The highest BCUT2D eigenvalue weighted by Gasteiger charge is 2.18. The summed E-state index contributed by atoms with van der Waals surface area (Å²) in [6, 6.07) is 11.0. The Labute approximate surface area is 113 Å². The van der Waals surface area contributed by atoms with Crippen molar-refractivity contribution in [3.05, 3.63) is 35.2 Å². The maximum Gasteiger partial charge on any atom is 0.0494 e. The standard InChI is InChI=1S/C15H21NOS/c1-11(16-9-15(2,3)10-17)14-8-12-6-4-5-7-13(12)18-14/h4-8,11,16-17H,9-10H2,1-3H3. The Balaban J connectivity index is 2.07. The molecule has 0 saturated carbocycles. The van der Waals surface area contributed by atoms with Crippen LogP contribution in [0.5, 0.6) is 0 Å². The molecule has 0 radical (unpaired) electrons. The van der Waals surface area contributed by atoms with Gasteiger partial charge < -0.3 is 10.4 Å². The molecule has 0 amide bonds. The largest absolute Gasteiger partial charge is 0.396 e. The molecule has 0 aliphatic carbocycles. The molecule has 0 saturated heterocycles. The van der Waals surface area contributed by atoms with E-state index >= 15 is 0 Å². The van der Waals surface area contributed by atoms with Crippen molar-refractivity contribution < 1.29 is 5.11 Å². The Bertz CT molecular complexity index is 485. The Morgan fingerprint density at radius 2 is 2.06 bits per heavy atom. The molecule has 1 unspecified atom stereocenters. The Morgan fingerprint density at radius 3 is 2.72 bits per heavy atom. The first kappa shape index (κ1) is 13.5. The number of aliphatic hydroxyl groups is 1. The number of benzene rings is 1. The maximum atomic E-state index is 9.25. The molecular weight excluding hydrogens is 242 g/mol. The Kier molecular flexibility index (Phi) is 4.05. The van der Waals surface area contributed by atoms with E-state index in [9.17, 15) is 5.11 Å². The zero-order chi connectivity index (χ0) is 13.2. The van der Waals surface area contributed by atoms with Crippen LogP contribution in [0, 0.1) is 5.41 Å². The van der Waals surface area contributed by atoms with Crippen LogP contribution >= 0.6 is 11.3 Å². The molecule has 0 aliphatic heterocycles. The van der Waals surface area contributed by atoms with E-state index in [1.54, 1.807) is 0 Å². The first-order chi connectivity index (χ1) is 8.52. The third-order valence-corrected chi connectivity index (χ3v) is 4.48. The predicted molar refractivity (Wildman–Crippen MR) is 79.1 cm³/mol. The first-order valence-electron chi connectivity index (χ1n) is 6.34. The van der Waals surface area contributed by atoms with Crippen molar-refractivity contribution in [3.8, 4) is 0 Å². The van der Waals surface area contributed by atoms with Gasteiger partial charge in [-0.1, -0.05) is 32.0 Å². The molecule has 3 heteroatoms. The molecule has 2 N–H and O–H groups in total. The fraction of sp³-hybridized carbons (Fsp3) is 0.467. The summed E-state index contributed by atoms with van der Waals surface area (Å²) in [5, 5.41) is 14.1. The van der Waals surface area contributed by atoms with Gasteiger partial charge in [0, 0.05) is 34.2 Å². The molecule has 2 nitrogen and oxygen atoms in total. The van der Waals surface area contributed by atoms with E-state index in [2.05, 4.69) is 56.4 Å². The molecule has 0 bridgehead atoms. The molecule has 2 rings (SSSR count). The summed E-state index contributed by atoms with van der Waals surface area (Å²) in [6.45, 7) is 7.34. The number of hydrogen-bond acceptors (Lipinski definition) is 3. The quantitative estimate of drug-likeness (QED) is 0.864. The van der Waals surface area contributed by atoms with Crippen LogP contribution in [-0.2, 0) is 0 Å². The van der Waals surface area contributed by atoms with Gasteiger partial charge in [-0.2, -0.15) is 0 Å². The van der Waals surface area contributed by atoms with Crippen molar-refractivity contribution in [2.45, 2.75) is 26.8 Å². The van der Waals surface area contributed by atoms with Gasteiger partial charge in [0.15, 0.2) is 0 Å². The molecule has 1 aromatic heterocycles. The minimum atomic E-state index is -0.0645. The monoisotopic (exact) mass is 263 g/mol. The molecule has 1 atom stereocenters. The van der Waals surface area contributed by atoms with Crippen LogP contribution in [0.2, 0.25) is 0 Å². The van der Waals surface area contributed by atoms with Crippen LogP contribution in [0.15, 0.2) is 30.3 Å². The molecule has 1 aromatic carbocycles. The van der Waals surface area contributed by atoms with Gasteiger partial charge in [0.1, 0.15) is 0 Å². The lowest BCUT2D eigenvalue weighted by molar-refractivity contribution is 0.154. The normalized spacial score (nSPS) is 14.0. The molecule has 2 aromatic rings. The van der Waals surface area contributed by atoms with Gasteiger partial charge >= 0.3 is 0 Å². The van der Waals surface area contributed by atoms with Gasteiger partial charge in [-0.15, -0.1) is 11.3 Å². The summed E-state index contributed by atoms with van der Waals surface area (Å²) < 4.78 is 1.34. The van der Waals surface area contributed by atoms with Gasteiger partial charge in [-0.05, 0) is 24.4 Å². The zero-order valence-electron chi connectivity index (χ0n) is 11.2. The number of nitrogens with one attached hydrogen (secondary N) is 1. The second-order valence-electron chi connectivity index (χ2n) is 5.61. The average molecular weight is 263 g/mol. The van der Waals surface area contributed by atoms with Gasteiger partial charge in [0.2, 0.25) is 0 Å². The average Bonchev–Trinajstić information content (AvgIpc) is 2.80. The fourth-order valence-electron chi connectivity index (χ4n) is 1.80. The number of rotatable bonds is 5. The van der Waals surface area contributed by atoms with Crippen LogP contribution < -0.4 is 5.32 Å². The van der Waals surface area contributed by atoms with E-state index in [1.807, 2.05) is 11.3 Å². The number of thiophene rings is 1. The van der Waals surface area contributed by atoms with Gasteiger partial charge in [-0.25, -0.2) is 0 Å². The Morgan fingerprint density at radius 1 is 1.33 bits per heavy atom. The summed E-state index contributed by atoms with van der Waals surface area (Å²) in [4.78, 5) is 1.35. The minimum absolute atomic E-state index is 0.0645. The highest BCUT2D eigenvalue weighted by Crippen LogP contribution is 2.29. The van der Waals surface area contributed by atoms with Crippen LogP contribution in [0.3, 0.4) is 0 Å². The van der Waals surface area contributed by atoms with E-state index in [-0.39, 0.29) is 12.0 Å². The smallest absolute Gasteiger partial charge is 0.0494 e. The topological polar surface area (TPSA) is 32.3 Å². The SMILES string of the molecule is CC(NCC(C)(C)CO)c1cc2ccccc2s1. The zero-order valence-corrected chi connectivity index (χ0v) is 12.1. The summed E-state index contributed by atoms with van der Waals surface area (Å²) in [5.41, 5.74) is -0.0645. The lowest BCUT2D eigenvalue weighted by atomic mass is 9.94. The van der Waals surface area contributed by atoms with Crippen molar-refractivity contribution in [2.24, 2.45) is 5.41 Å². The maximum absolute atomic E-state index is 9.25. The fourth-order valence-corrected chi connectivity index (χ4v) is 2.89. The molecule has 0 spiro atoms. The first-order valence-corrected chi connectivity index (χ1v) is 7.16. The van der Waals surface area contributed by atoms with Crippen LogP contribution in [0.4, 0.5) is 0 Å². The van der Waals surface area contributed by atoms with Gasteiger partial charge in [0.05, 0.1) is 0 Å². The van der Waals surface area contributed by atoms with Crippen molar-refractivity contribution in [3.63, 3.8) is 0 Å². The van der Waals surface area contributed by atoms with Crippen LogP contribution in [0.25, 0.3) is 10.1 Å². The van der Waals surface area contributed by atoms with E-state index in [0.717, 1.165) is 6.54 Å². The second-order valence-corrected chi connectivity index (χ2v) is 6.73. The lowest BCUT2D eigenvalue weighted by Gasteiger charge is -2.24. The number of hydrogen-bond donors (Lipinski definition) is 2. The summed E-state index contributed by atoms with van der Waals surface area (Å²) >= 11 is 1.84. The van der Waals surface area contributed by atoms with Crippen molar-refractivity contribution in [2.75, 3.05) is 13.2 Å². The molecule has 18 heavy (non-hydrogen) atoms. The highest BCUT2D eigenvalue weighted by molar-refractivity contribution is 7.19. The summed E-state index contributed by atoms with van der Waals surface area (Å²) in [5.74, 6) is 0. The number of fused-ring (bicyclic) bond motifs is 1. The predicted octanol–water partition coefficient (Wildman–Crippen LogP) is 3.57. The molecule has 1 heterocycles. The van der Waals surface area contributed by atoms with Crippen molar-refractivity contribution in [1.82, 2.24) is 5.32 Å². The van der Waals surface area contributed by atoms with Crippen LogP contribution in [-0.4, -0.2) is 18.3 Å². The lowest BCUT2D eigenvalue weighted by Crippen LogP contribution is -2.33. The van der Waals surface area contributed by atoms with E-state index in [4.69, 9.17) is 0 Å². The van der Waals surface area contributed by atoms with Crippen LogP contribution in [0.1, 0.15) is 31.7 Å². The van der Waals surface area contributed by atoms with E-state index < -0.39 is 0 Å². The molecule has 0 fully saturated rings. The molecule has 0 aliphatic rings. The van der Waals surface area contributed by atoms with Gasteiger partial charge in [0.25, 0.3) is 0 Å². The third-order valence-electron chi connectivity index (χ3n) is 3.19. The third kappa shape index (κ3) is 3.10. The van der Waals surface area contributed by atoms with E-state index in [0.29, 0.717) is 6.04 Å². The minimum Gasteiger partial charge on any atom is -0.396 e. The van der Waals surface area contributed by atoms with Gasteiger partial charge in [-0.3, -0.25) is 0 Å². The summed E-state index contributed by atoms with van der Waals surface area (Å²) in [6.07, 6.45) is 0.